The van der Waals surface area contributed by atoms with E-state index in [4.69, 9.17) is 0 Å². The Morgan fingerprint density at radius 1 is 1.36 bits per heavy atom. The molecule has 1 heterocycles. The third-order valence-corrected chi connectivity index (χ3v) is 5.94. The zero-order valence-corrected chi connectivity index (χ0v) is 14.3. The second kappa shape index (κ2) is 5.95. The van der Waals surface area contributed by atoms with Gasteiger partial charge in [0.1, 0.15) is 5.82 Å². The lowest BCUT2D eigenvalue weighted by Gasteiger charge is -2.29. The molecule has 0 saturated heterocycles. The molecule has 1 amide bonds. The Balaban J connectivity index is 1.80. The molecule has 2 aliphatic carbocycles. The Bertz CT molecular complexity index is 826. The van der Waals surface area contributed by atoms with Gasteiger partial charge in [-0.3, -0.25) is 14.7 Å². The summed E-state index contributed by atoms with van der Waals surface area (Å²) in [5.41, 5.74) is 3.97. The molecule has 2 aromatic rings. The van der Waals surface area contributed by atoms with Crippen molar-refractivity contribution in [3.8, 4) is 0 Å². The van der Waals surface area contributed by atoms with Gasteiger partial charge in [-0.1, -0.05) is 25.0 Å². The normalized spacial score (nSPS) is 23.0. The van der Waals surface area contributed by atoms with Crippen molar-refractivity contribution in [3.05, 3.63) is 52.6 Å². The predicted octanol–water partition coefficient (Wildman–Crippen LogP) is 2.99. The van der Waals surface area contributed by atoms with Crippen molar-refractivity contribution in [2.75, 3.05) is 0 Å². The second-order valence-electron chi connectivity index (χ2n) is 7.29. The Kier molecular flexibility index (Phi) is 3.87. The summed E-state index contributed by atoms with van der Waals surface area (Å²) in [5, 5.41) is 13.9. The molecule has 1 atom stereocenters. The molecule has 25 heavy (non-hydrogen) atoms. The molecule has 6 heteroatoms. The zero-order valence-electron chi connectivity index (χ0n) is 14.3. The van der Waals surface area contributed by atoms with Crippen LogP contribution in [-0.2, 0) is 23.1 Å². The number of carbonyl (C=O) groups excluding carboxylic acids is 1. The van der Waals surface area contributed by atoms with Crippen molar-refractivity contribution in [2.24, 2.45) is 0 Å². The lowest BCUT2D eigenvalue weighted by molar-refractivity contribution is -0.135. The molecule has 2 aliphatic rings. The molecular weight excluding hydrogens is 321 g/mol. The molecule has 0 bridgehead atoms. The van der Waals surface area contributed by atoms with Crippen molar-refractivity contribution in [1.29, 1.82) is 0 Å². The Morgan fingerprint density at radius 2 is 2.12 bits per heavy atom. The van der Waals surface area contributed by atoms with E-state index in [-0.39, 0.29) is 5.82 Å². The summed E-state index contributed by atoms with van der Waals surface area (Å²) in [6.07, 6.45) is 7.28. The summed E-state index contributed by atoms with van der Waals surface area (Å²) in [7, 11) is 0. The number of fused-ring (bicyclic) bond motifs is 1. The van der Waals surface area contributed by atoms with Crippen LogP contribution in [0.2, 0.25) is 0 Å². The maximum Gasteiger partial charge on any atom is 0.254 e. The number of carbonyl (C=O) groups is 1. The standard InChI is InChI=1S/C19H22FN3O2/c1-12-15(7-4-8-16(12)20)19(18(24)22-25)9-13-11-21-23(17(13)10-19)14-5-2-3-6-14/h4,7-8,11,14,25H,2-3,5-6,9-10H2,1H3,(H,22,24). The van der Waals surface area contributed by atoms with Gasteiger partial charge in [0.05, 0.1) is 17.7 Å². The maximum absolute atomic E-state index is 14.1. The van der Waals surface area contributed by atoms with Gasteiger partial charge < -0.3 is 0 Å². The number of rotatable bonds is 3. The number of aromatic nitrogens is 2. The summed E-state index contributed by atoms with van der Waals surface area (Å²) in [5.74, 6) is -0.827. The zero-order chi connectivity index (χ0) is 17.6. The highest BCUT2D eigenvalue weighted by molar-refractivity contribution is 5.89. The molecule has 1 aromatic carbocycles. The number of hydrogen-bond donors (Lipinski definition) is 2. The third kappa shape index (κ3) is 2.39. The van der Waals surface area contributed by atoms with Crippen molar-refractivity contribution >= 4 is 5.91 Å². The molecule has 4 rings (SSSR count). The van der Waals surface area contributed by atoms with Crippen molar-refractivity contribution in [3.63, 3.8) is 0 Å². The van der Waals surface area contributed by atoms with Crippen molar-refractivity contribution in [1.82, 2.24) is 15.3 Å². The minimum absolute atomic E-state index is 0.337. The fraction of sp³-hybridized carbons (Fsp3) is 0.474. The second-order valence-corrected chi connectivity index (χ2v) is 7.29. The van der Waals surface area contributed by atoms with Gasteiger partial charge in [-0.2, -0.15) is 5.10 Å². The van der Waals surface area contributed by atoms with Gasteiger partial charge in [-0.05, 0) is 48.9 Å². The molecular formula is C19H22FN3O2. The van der Waals surface area contributed by atoms with E-state index in [0.29, 0.717) is 30.0 Å². The lowest BCUT2D eigenvalue weighted by Crippen LogP contribution is -2.45. The van der Waals surface area contributed by atoms with E-state index in [0.717, 1.165) is 24.1 Å². The van der Waals surface area contributed by atoms with E-state index in [1.165, 1.54) is 18.9 Å². The Labute approximate surface area is 145 Å². The fourth-order valence-corrected chi connectivity index (χ4v) is 4.61. The van der Waals surface area contributed by atoms with E-state index in [1.54, 1.807) is 19.1 Å². The minimum Gasteiger partial charge on any atom is -0.289 e. The van der Waals surface area contributed by atoms with Crippen LogP contribution in [0, 0.1) is 12.7 Å². The lowest BCUT2D eigenvalue weighted by atomic mass is 9.75. The first-order chi connectivity index (χ1) is 12.1. The van der Waals surface area contributed by atoms with Crippen LogP contribution in [-0.4, -0.2) is 20.9 Å². The molecule has 0 aliphatic heterocycles. The SMILES string of the molecule is Cc1c(F)cccc1C1(C(=O)NO)Cc2cnn(C3CCCC3)c2C1. The first kappa shape index (κ1) is 16.3. The number of halogens is 1. The Morgan fingerprint density at radius 3 is 2.84 bits per heavy atom. The van der Waals surface area contributed by atoms with Crippen LogP contribution in [0.25, 0.3) is 0 Å². The highest BCUT2D eigenvalue weighted by Gasteiger charge is 2.48. The van der Waals surface area contributed by atoms with Crippen LogP contribution < -0.4 is 5.48 Å². The molecule has 5 nitrogen and oxygen atoms in total. The highest BCUT2D eigenvalue weighted by atomic mass is 19.1. The number of benzene rings is 1. The van der Waals surface area contributed by atoms with E-state index >= 15 is 0 Å². The van der Waals surface area contributed by atoms with Crippen LogP contribution in [0.15, 0.2) is 24.4 Å². The summed E-state index contributed by atoms with van der Waals surface area (Å²) in [6, 6.07) is 5.18. The third-order valence-electron chi connectivity index (χ3n) is 5.94. The smallest absolute Gasteiger partial charge is 0.254 e. The highest BCUT2D eigenvalue weighted by Crippen LogP contribution is 2.43. The molecule has 132 valence electrons. The van der Waals surface area contributed by atoms with Crippen LogP contribution in [0.4, 0.5) is 4.39 Å². The topological polar surface area (TPSA) is 67.2 Å². The van der Waals surface area contributed by atoms with Crippen LogP contribution >= 0.6 is 0 Å². The number of amides is 1. The molecule has 1 aromatic heterocycles. The average molecular weight is 343 g/mol. The van der Waals surface area contributed by atoms with Crippen LogP contribution in [0.3, 0.4) is 0 Å². The number of hydrogen-bond acceptors (Lipinski definition) is 3. The fourth-order valence-electron chi connectivity index (χ4n) is 4.61. The predicted molar refractivity (Wildman–Crippen MR) is 89.9 cm³/mol. The van der Waals surface area contributed by atoms with Crippen molar-refractivity contribution in [2.45, 2.75) is 56.9 Å². The van der Waals surface area contributed by atoms with Crippen molar-refractivity contribution < 1.29 is 14.4 Å². The number of hydroxylamine groups is 1. The van der Waals surface area contributed by atoms with Gasteiger partial charge in [0.15, 0.2) is 0 Å². The number of nitrogens with one attached hydrogen (secondary N) is 1. The number of nitrogens with zero attached hydrogens (tertiary/aromatic N) is 2. The van der Waals surface area contributed by atoms with Gasteiger partial charge in [-0.15, -0.1) is 0 Å². The molecule has 2 N–H and O–H groups in total. The largest absolute Gasteiger partial charge is 0.289 e. The molecule has 0 spiro atoms. The van der Waals surface area contributed by atoms with Gasteiger partial charge in [-0.25, -0.2) is 9.87 Å². The van der Waals surface area contributed by atoms with Gasteiger partial charge in [0.25, 0.3) is 5.91 Å². The molecule has 1 unspecified atom stereocenters. The monoisotopic (exact) mass is 343 g/mol. The van der Waals surface area contributed by atoms with Crippen LogP contribution in [0.1, 0.15) is 54.1 Å². The quantitative estimate of drug-likeness (QED) is 0.665. The van der Waals surface area contributed by atoms with Gasteiger partial charge >= 0.3 is 0 Å². The summed E-state index contributed by atoms with van der Waals surface area (Å²) in [4.78, 5) is 12.7. The van der Waals surface area contributed by atoms with E-state index < -0.39 is 11.3 Å². The first-order valence-corrected chi connectivity index (χ1v) is 8.82. The van der Waals surface area contributed by atoms with E-state index in [9.17, 15) is 14.4 Å². The Hall–Kier alpha value is -2.21. The van der Waals surface area contributed by atoms with Crippen LogP contribution in [0.5, 0.6) is 0 Å². The average Bonchev–Trinajstić information content (AvgIpc) is 3.32. The molecule has 1 saturated carbocycles. The van der Waals surface area contributed by atoms with Gasteiger partial charge in [0, 0.05) is 12.1 Å². The first-order valence-electron chi connectivity index (χ1n) is 8.82. The summed E-state index contributed by atoms with van der Waals surface area (Å²) < 4.78 is 16.2. The summed E-state index contributed by atoms with van der Waals surface area (Å²) in [6.45, 7) is 1.68. The van der Waals surface area contributed by atoms with E-state index in [1.807, 2.05) is 11.7 Å². The maximum atomic E-state index is 14.1. The minimum atomic E-state index is -0.991. The van der Waals surface area contributed by atoms with Gasteiger partial charge in [0.2, 0.25) is 0 Å². The van der Waals surface area contributed by atoms with E-state index in [2.05, 4.69) is 9.78 Å². The molecule has 0 radical (unpaired) electrons. The summed E-state index contributed by atoms with van der Waals surface area (Å²) >= 11 is 0. The molecule has 1 fully saturated rings.